The van der Waals surface area contributed by atoms with Gasteiger partial charge in [0.05, 0.1) is 19.1 Å². The minimum Gasteiger partial charge on any atom is -0.493 e. The Hall–Kier alpha value is -2.61. The number of aryl methyl sites for hydroxylation is 1. The first-order valence-electron chi connectivity index (χ1n) is 7.39. The van der Waals surface area contributed by atoms with Crippen LogP contribution in [0.5, 0.6) is 11.5 Å². The average Bonchev–Trinajstić information content (AvgIpc) is 2.60. The molecule has 2 aromatic carbocycles. The highest BCUT2D eigenvalue weighted by atomic mass is 79.9. The van der Waals surface area contributed by atoms with Gasteiger partial charge in [-0.1, -0.05) is 15.9 Å². The van der Waals surface area contributed by atoms with Crippen LogP contribution < -0.4 is 14.8 Å². The highest BCUT2D eigenvalue weighted by molar-refractivity contribution is 9.10. The molecule has 1 N–H and O–H groups in total. The number of rotatable bonds is 7. The number of nitro benzene ring substituents is 1. The Morgan fingerprint density at radius 3 is 2.32 bits per heavy atom. The fourth-order valence-electron chi connectivity index (χ4n) is 2.23. The molecule has 2 rings (SSSR count). The predicted molar refractivity (Wildman–Crippen MR) is 97.3 cm³/mol. The third kappa shape index (κ3) is 4.93. The molecule has 0 heterocycles. The van der Waals surface area contributed by atoms with Gasteiger partial charge in [0.2, 0.25) is 5.91 Å². The highest BCUT2D eigenvalue weighted by Crippen LogP contribution is 2.33. The van der Waals surface area contributed by atoms with E-state index in [4.69, 9.17) is 9.47 Å². The lowest BCUT2D eigenvalue weighted by molar-refractivity contribution is -0.384. The molecule has 0 radical (unpaired) electrons. The van der Waals surface area contributed by atoms with E-state index in [9.17, 15) is 14.9 Å². The number of halogens is 1. The van der Waals surface area contributed by atoms with Gasteiger partial charge in [0.1, 0.15) is 0 Å². The lowest BCUT2D eigenvalue weighted by atomic mass is 10.1. The first-order chi connectivity index (χ1) is 11.9. The van der Waals surface area contributed by atoms with E-state index in [1.165, 1.54) is 24.3 Å². The van der Waals surface area contributed by atoms with Crippen LogP contribution in [0.1, 0.15) is 12.0 Å². The number of carbonyl (C=O) groups is 1. The zero-order valence-electron chi connectivity index (χ0n) is 13.7. The fourth-order valence-corrected chi connectivity index (χ4v) is 2.75. The van der Waals surface area contributed by atoms with Gasteiger partial charge < -0.3 is 14.8 Å². The zero-order chi connectivity index (χ0) is 18.4. The van der Waals surface area contributed by atoms with Gasteiger partial charge in [-0.2, -0.15) is 0 Å². The summed E-state index contributed by atoms with van der Waals surface area (Å²) in [5.41, 5.74) is 1.41. The molecule has 7 nitrogen and oxygen atoms in total. The van der Waals surface area contributed by atoms with Gasteiger partial charge in [-0.25, -0.2) is 0 Å². The van der Waals surface area contributed by atoms with Crippen LogP contribution in [0.25, 0.3) is 0 Å². The number of non-ortho nitro benzene ring substituents is 1. The molecule has 25 heavy (non-hydrogen) atoms. The smallest absolute Gasteiger partial charge is 0.269 e. The lowest BCUT2D eigenvalue weighted by Gasteiger charge is -2.12. The average molecular weight is 409 g/mol. The molecular weight excluding hydrogens is 392 g/mol. The summed E-state index contributed by atoms with van der Waals surface area (Å²) in [6.45, 7) is 0. The van der Waals surface area contributed by atoms with Crippen LogP contribution >= 0.6 is 15.9 Å². The Bertz CT molecular complexity index is 777. The lowest BCUT2D eigenvalue weighted by Crippen LogP contribution is -2.12. The second-order valence-corrected chi connectivity index (χ2v) is 6.01. The summed E-state index contributed by atoms with van der Waals surface area (Å²) in [5.74, 6) is 1.01. The largest absolute Gasteiger partial charge is 0.493 e. The number of hydrogen-bond donors (Lipinski definition) is 1. The quantitative estimate of drug-likeness (QED) is 0.553. The van der Waals surface area contributed by atoms with Gasteiger partial charge in [0.25, 0.3) is 5.69 Å². The highest BCUT2D eigenvalue weighted by Gasteiger charge is 2.12. The number of benzene rings is 2. The van der Waals surface area contributed by atoms with Gasteiger partial charge >= 0.3 is 0 Å². The van der Waals surface area contributed by atoms with Crippen LogP contribution in [-0.2, 0) is 11.2 Å². The van der Waals surface area contributed by atoms with Gasteiger partial charge in [-0.05, 0) is 36.2 Å². The summed E-state index contributed by atoms with van der Waals surface area (Å²) < 4.78 is 11.3. The fraction of sp³-hybridized carbons (Fsp3) is 0.235. The number of anilines is 1. The third-order valence-corrected chi connectivity index (χ3v) is 4.27. The Labute approximate surface area is 153 Å². The molecule has 0 bridgehead atoms. The summed E-state index contributed by atoms with van der Waals surface area (Å²) in [5, 5.41) is 13.3. The van der Waals surface area contributed by atoms with Crippen LogP contribution in [0.3, 0.4) is 0 Å². The van der Waals surface area contributed by atoms with Crippen molar-refractivity contribution in [1.82, 2.24) is 0 Å². The first-order valence-corrected chi connectivity index (χ1v) is 8.18. The van der Waals surface area contributed by atoms with Crippen LogP contribution in [-0.4, -0.2) is 25.1 Å². The van der Waals surface area contributed by atoms with Crippen molar-refractivity contribution in [1.29, 1.82) is 0 Å². The van der Waals surface area contributed by atoms with E-state index in [1.807, 2.05) is 6.07 Å². The third-order valence-electron chi connectivity index (χ3n) is 3.54. The SMILES string of the molecule is COc1cc(Br)c(CCC(=O)Nc2ccc([N+](=O)[O-])cc2)cc1OC. The minimum absolute atomic E-state index is 0.0211. The summed E-state index contributed by atoms with van der Waals surface area (Å²) in [7, 11) is 3.11. The number of ether oxygens (including phenoxy) is 2. The number of methoxy groups -OCH3 is 2. The number of hydrogen-bond acceptors (Lipinski definition) is 5. The molecule has 0 aromatic heterocycles. The maximum absolute atomic E-state index is 12.1. The van der Waals surface area contributed by atoms with E-state index < -0.39 is 4.92 Å². The molecule has 0 atom stereocenters. The maximum atomic E-state index is 12.1. The number of carbonyl (C=O) groups excluding carboxylic acids is 1. The van der Waals surface area contributed by atoms with Crippen LogP contribution in [0.4, 0.5) is 11.4 Å². The van der Waals surface area contributed by atoms with Gasteiger partial charge in [0.15, 0.2) is 11.5 Å². The number of nitrogens with zero attached hydrogens (tertiary/aromatic N) is 1. The molecule has 0 fully saturated rings. The molecule has 2 aromatic rings. The molecule has 0 saturated heterocycles. The topological polar surface area (TPSA) is 90.7 Å². The van der Waals surface area contributed by atoms with Crippen molar-refractivity contribution in [3.05, 3.63) is 56.5 Å². The second-order valence-electron chi connectivity index (χ2n) is 5.15. The summed E-state index contributed by atoms with van der Waals surface area (Å²) in [6.07, 6.45) is 0.755. The van der Waals surface area contributed by atoms with E-state index >= 15 is 0 Å². The van der Waals surface area contributed by atoms with Crippen molar-refractivity contribution in [2.75, 3.05) is 19.5 Å². The summed E-state index contributed by atoms with van der Waals surface area (Å²) >= 11 is 3.46. The van der Waals surface area contributed by atoms with Crippen molar-refractivity contribution >= 4 is 33.2 Å². The Balaban J connectivity index is 1.99. The minimum atomic E-state index is -0.486. The monoisotopic (exact) mass is 408 g/mol. The zero-order valence-corrected chi connectivity index (χ0v) is 15.3. The Morgan fingerprint density at radius 1 is 1.16 bits per heavy atom. The molecular formula is C17H17BrN2O5. The number of nitrogens with one attached hydrogen (secondary N) is 1. The van der Waals surface area contributed by atoms with Crippen molar-refractivity contribution in [3.8, 4) is 11.5 Å². The van der Waals surface area contributed by atoms with E-state index in [1.54, 1.807) is 20.3 Å². The summed E-state index contributed by atoms with van der Waals surface area (Å²) in [6, 6.07) is 9.32. The van der Waals surface area contributed by atoms with Crippen LogP contribution in [0.2, 0.25) is 0 Å². The van der Waals surface area contributed by atoms with Gasteiger partial charge in [-0.3, -0.25) is 14.9 Å². The molecule has 8 heteroatoms. The van der Waals surface area contributed by atoms with Gasteiger partial charge in [-0.15, -0.1) is 0 Å². The molecule has 0 aliphatic carbocycles. The molecule has 132 valence electrons. The predicted octanol–water partition coefficient (Wildman–Crippen LogP) is 3.95. The van der Waals surface area contributed by atoms with E-state index in [-0.39, 0.29) is 18.0 Å². The van der Waals surface area contributed by atoms with E-state index in [0.29, 0.717) is 23.6 Å². The molecule has 0 aliphatic heterocycles. The van der Waals surface area contributed by atoms with Crippen molar-refractivity contribution in [2.45, 2.75) is 12.8 Å². The molecule has 0 aliphatic rings. The second kappa shape index (κ2) is 8.48. The summed E-state index contributed by atoms with van der Waals surface area (Å²) in [4.78, 5) is 22.2. The number of amides is 1. The molecule has 0 spiro atoms. The Kier molecular flexibility index (Phi) is 6.35. The molecule has 0 unspecified atom stereocenters. The maximum Gasteiger partial charge on any atom is 0.269 e. The normalized spacial score (nSPS) is 10.2. The van der Waals surface area contributed by atoms with E-state index in [2.05, 4.69) is 21.2 Å². The molecule has 1 amide bonds. The first kappa shape index (κ1) is 18.7. The van der Waals surface area contributed by atoms with Crippen molar-refractivity contribution < 1.29 is 19.2 Å². The Morgan fingerprint density at radius 2 is 1.76 bits per heavy atom. The van der Waals surface area contributed by atoms with Crippen molar-refractivity contribution in [2.24, 2.45) is 0 Å². The standard InChI is InChI=1S/C17H17BrN2O5/c1-24-15-9-11(14(18)10-16(15)25-2)3-8-17(21)19-12-4-6-13(7-5-12)20(22)23/h4-7,9-10H,3,8H2,1-2H3,(H,19,21). The van der Waals surface area contributed by atoms with Gasteiger partial charge in [0, 0.05) is 28.7 Å². The van der Waals surface area contributed by atoms with E-state index in [0.717, 1.165) is 10.0 Å². The molecule has 0 saturated carbocycles. The number of nitro groups is 1. The van der Waals surface area contributed by atoms with Crippen molar-refractivity contribution in [3.63, 3.8) is 0 Å². The van der Waals surface area contributed by atoms with Crippen LogP contribution in [0, 0.1) is 10.1 Å². The van der Waals surface area contributed by atoms with Crippen LogP contribution in [0.15, 0.2) is 40.9 Å².